The number of hydrogen-bond acceptors (Lipinski definition) is 3. The molecule has 34 heavy (non-hydrogen) atoms. The second-order valence-corrected chi connectivity index (χ2v) is 9.34. The fourth-order valence-corrected chi connectivity index (χ4v) is 4.39. The summed E-state index contributed by atoms with van der Waals surface area (Å²) in [5.74, 6) is 3.29. The number of fused-ring (bicyclic) bond motifs is 1. The van der Waals surface area contributed by atoms with Crippen molar-refractivity contribution in [2.45, 2.75) is 66.0 Å². The molecular formula is C30H36N2O2. The normalized spacial score (nSPS) is 12.3. The number of rotatable bonds is 10. The molecule has 0 fully saturated rings. The standard InChI is InChI=1S/C30H36N2O2/c1-6-28(34-24-12-9-11-22(4)19-24)30-31-26-13-7-8-14-27(26)32(30)17-10-18-33-29-20-23(5)15-16-25(29)21(2)3/h7-9,11-16,19-21,28H,6,10,17-18H2,1-5H3. The minimum atomic E-state index is -0.112. The van der Waals surface area contributed by atoms with Crippen LogP contribution in [0.25, 0.3) is 11.0 Å². The van der Waals surface area contributed by atoms with Crippen LogP contribution in [-0.2, 0) is 6.54 Å². The summed E-state index contributed by atoms with van der Waals surface area (Å²) in [6.45, 7) is 12.2. The molecule has 0 aliphatic carbocycles. The van der Waals surface area contributed by atoms with Crippen molar-refractivity contribution in [2.24, 2.45) is 0 Å². The molecule has 0 amide bonds. The van der Waals surface area contributed by atoms with E-state index >= 15 is 0 Å². The summed E-state index contributed by atoms with van der Waals surface area (Å²) in [5.41, 5.74) is 5.82. The van der Waals surface area contributed by atoms with Crippen LogP contribution in [-0.4, -0.2) is 16.2 Å². The molecule has 0 radical (unpaired) electrons. The molecule has 1 atom stereocenters. The first kappa shape index (κ1) is 23.9. The first-order chi connectivity index (χ1) is 16.5. The average molecular weight is 457 g/mol. The van der Waals surface area contributed by atoms with E-state index in [0.717, 1.165) is 47.7 Å². The van der Waals surface area contributed by atoms with Crippen molar-refractivity contribution in [3.8, 4) is 11.5 Å². The molecule has 0 spiro atoms. The average Bonchev–Trinajstić information content (AvgIpc) is 3.18. The number of nitrogens with zero attached hydrogens (tertiary/aromatic N) is 2. The third-order valence-electron chi connectivity index (χ3n) is 6.19. The van der Waals surface area contributed by atoms with Crippen molar-refractivity contribution in [3.63, 3.8) is 0 Å². The van der Waals surface area contributed by atoms with Crippen LogP contribution >= 0.6 is 0 Å². The summed E-state index contributed by atoms with van der Waals surface area (Å²) in [5, 5.41) is 0. The van der Waals surface area contributed by atoms with E-state index in [2.05, 4.69) is 87.7 Å². The van der Waals surface area contributed by atoms with Gasteiger partial charge in [0.15, 0.2) is 11.9 Å². The summed E-state index contributed by atoms with van der Waals surface area (Å²) in [4.78, 5) is 4.99. The smallest absolute Gasteiger partial charge is 0.156 e. The predicted molar refractivity (Wildman–Crippen MR) is 140 cm³/mol. The summed E-state index contributed by atoms with van der Waals surface area (Å²) in [7, 11) is 0. The Hall–Kier alpha value is -3.27. The zero-order valence-electron chi connectivity index (χ0n) is 21.0. The molecule has 4 heteroatoms. The Labute approximate surface area is 203 Å². The molecule has 178 valence electrons. The number of imidazole rings is 1. The van der Waals surface area contributed by atoms with Crippen molar-refractivity contribution >= 4 is 11.0 Å². The Morgan fingerprint density at radius 3 is 2.47 bits per heavy atom. The van der Waals surface area contributed by atoms with Crippen LogP contribution in [0.3, 0.4) is 0 Å². The lowest BCUT2D eigenvalue weighted by molar-refractivity contribution is 0.185. The van der Waals surface area contributed by atoms with Gasteiger partial charge in [0.1, 0.15) is 11.5 Å². The summed E-state index contributed by atoms with van der Waals surface area (Å²) >= 11 is 0. The van der Waals surface area contributed by atoms with Gasteiger partial charge in [-0.15, -0.1) is 0 Å². The fraction of sp³-hybridized carbons (Fsp3) is 0.367. The Morgan fingerprint density at radius 1 is 0.912 bits per heavy atom. The maximum Gasteiger partial charge on any atom is 0.156 e. The number of benzene rings is 3. The van der Waals surface area contributed by atoms with Crippen LogP contribution in [0.5, 0.6) is 11.5 Å². The Morgan fingerprint density at radius 2 is 1.71 bits per heavy atom. The lowest BCUT2D eigenvalue weighted by Gasteiger charge is -2.20. The summed E-state index contributed by atoms with van der Waals surface area (Å²) in [6, 6.07) is 23.0. The van der Waals surface area contributed by atoms with Gasteiger partial charge in [-0.25, -0.2) is 4.98 Å². The van der Waals surface area contributed by atoms with Crippen LogP contribution in [0, 0.1) is 13.8 Å². The van der Waals surface area contributed by atoms with Crippen LogP contribution in [0.15, 0.2) is 66.7 Å². The molecule has 1 unspecified atom stereocenters. The molecular weight excluding hydrogens is 420 g/mol. The van der Waals surface area contributed by atoms with E-state index in [1.165, 1.54) is 16.7 Å². The first-order valence-electron chi connectivity index (χ1n) is 12.4. The predicted octanol–water partition coefficient (Wildman–Crippen LogP) is 7.78. The van der Waals surface area contributed by atoms with Gasteiger partial charge >= 0.3 is 0 Å². The molecule has 0 N–H and O–H groups in total. The maximum atomic E-state index is 6.42. The minimum absolute atomic E-state index is 0.112. The number of aryl methyl sites for hydroxylation is 3. The third kappa shape index (κ3) is 5.44. The van der Waals surface area contributed by atoms with E-state index < -0.39 is 0 Å². The highest BCUT2D eigenvalue weighted by Gasteiger charge is 2.21. The van der Waals surface area contributed by atoms with Crippen LogP contribution in [0.1, 0.15) is 68.1 Å². The van der Waals surface area contributed by atoms with Gasteiger partial charge < -0.3 is 14.0 Å². The second kappa shape index (κ2) is 10.8. The maximum absolute atomic E-state index is 6.42. The molecule has 1 heterocycles. The van der Waals surface area contributed by atoms with Crippen molar-refractivity contribution < 1.29 is 9.47 Å². The molecule has 0 saturated carbocycles. The van der Waals surface area contributed by atoms with Crippen molar-refractivity contribution in [2.75, 3.05) is 6.61 Å². The molecule has 0 bridgehead atoms. The van der Waals surface area contributed by atoms with Crippen molar-refractivity contribution in [3.05, 3.63) is 89.2 Å². The summed E-state index contributed by atoms with van der Waals surface area (Å²) < 4.78 is 15.0. The minimum Gasteiger partial charge on any atom is -0.493 e. The number of ether oxygens (including phenoxy) is 2. The zero-order chi connectivity index (χ0) is 24.1. The Kier molecular flexibility index (Phi) is 7.56. The molecule has 4 rings (SSSR count). The number of hydrogen-bond donors (Lipinski definition) is 0. The van der Waals surface area contributed by atoms with Gasteiger partial charge in [-0.05, 0) is 79.6 Å². The molecule has 4 nitrogen and oxygen atoms in total. The lowest BCUT2D eigenvalue weighted by Crippen LogP contribution is -2.15. The van der Waals surface area contributed by atoms with Gasteiger partial charge in [-0.2, -0.15) is 0 Å². The molecule has 1 aromatic heterocycles. The van der Waals surface area contributed by atoms with Gasteiger partial charge in [-0.3, -0.25) is 0 Å². The fourth-order valence-electron chi connectivity index (χ4n) is 4.39. The van der Waals surface area contributed by atoms with Gasteiger partial charge in [0.05, 0.1) is 17.6 Å². The zero-order valence-corrected chi connectivity index (χ0v) is 21.0. The van der Waals surface area contributed by atoms with E-state index in [1.807, 2.05) is 18.2 Å². The number of aromatic nitrogens is 2. The highest BCUT2D eigenvalue weighted by atomic mass is 16.5. The number of para-hydroxylation sites is 2. The highest BCUT2D eigenvalue weighted by Crippen LogP contribution is 2.30. The van der Waals surface area contributed by atoms with E-state index in [1.54, 1.807) is 0 Å². The second-order valence-electron chi connectivity index (χ2n) is 9.34. The Balaban J connectivity index is 1.53. The van der Waals surface area contributed by atoms with E-state index in [9.17, 15) is 0 Å². The van der Waals surface area contributed by atoms with Gasteiger partial charge in [0, 0.05) is 6.54 Å². The van der Waals surface area contributed by atoms with Gasteiger partial charge in [-0.1, -0.05) is 57.2 Å². The molecule has 0 aliphatic rings. The van der Waals surface area contributed by atoms with E-state index in [0.29, 0.717) is 12.5 Å². The van der Waals surface area contributed by atoms with E-state index in [4.69, 9.17) is 14.5 Å². The topological polar surface area (TPSA) is 36.3 Å². The quantitative estimate of drug-likeness (QED) is 0.229. The molecule has 0 saturated heterocycles. The summed E-state index contributed by atoms with van der Waals surface area (Å²) in [6.07, 6.45) is 1.62. The molecule has 3 aromatic carbocycles. The van der Waals surface area contributed by atoms with Gasteiger partial charge in [0.2, 0.25) is 0 Å². The van der Waals surface area contributed by atoms with Crippen LogP contribution in [0.4, 0.5) is 0 Å². The van der Waals surface area contributed by atoms with Crippen molar-refractivity contribution in [1.82, 2.24) is 9.55 Å². The highest BCUT2D eigenvalue weighted by molar-refractivity contribution is 5.76. The lowest BCUT2D eigenvalue weighted by atomic mass is 10.0. The van der Waals surface area contributed by atoms with Crippen LogP contribution < -0.4 is 9.47 Å². The van der Waals surface area contributed by atoms with Crippen molar-refractivity contribution in [1.29, 1.82) is 0 Å². The first-order valence-corrected chi connectivity index (χ1v) is 12.4. The van der Waals surface area contributed by atoms with Gasteiger partial charge in [0.25, 0.3) is 0 Å². The van der Waals surface area contributed by atoms with E-state index in [-0.39, 0.29) is 6.10 Å². The SMILES string of the molecule is CCC(Oc1cccc(C)c1)c1nc2ccccc2n1CCCOc1cc(C)ccc1C(C)C. The Bertz CT molecular complexity index is 1240. The molecule has 4 aromatic rings. The monoisotopic (exact) mass is 456 g/mol. The third-order valence-corrected chi connectivity index (χ3v) is 6.19. The van der Waals surface area contributed by atoms with Crippen LogP contribution in [0.2, 0.25) is 0 Å². The largest absolute Gasteiger partial charge is 0.493 e. The molecule has 0 aliphatic heterocycles.